The third-order valence-corrected chi connectivity index (χ3v) is 3.10. The van der Waals surface area contributed by atoms with E-state index in [1.165, 1.54) is 0 Å². The van der Waals surface area contributed by atoms with Crippen molar-refractivity contribution in [3.63, 3.8) is 0 Å². The number of nitrogen functional groups attached to an aromatic ring is 1. The molecule has 0 aliphatic heterocycles. The first kappa shape index (κ1) is 14.0. The summed E-state index contributed by atoms with van der Waals surface area (Å²) < 4.78 is 21.3. The lowest BCUT2D eigenvalue weighted by Crippen LogP contribution is -1.96. The predicted octanol–water partition coefficient (Wildman–Crippen LogP) is 2.51. The van der Waals surface area contributed by atoms with E-state index in [1.807, 2.05) is 6.92 Å². The topological polar surface area (TPSA) is 79.7 Å². The van der Waals surface area contributed by atoms with Crippen molar-refractivity contribution in [3.05, 3.63) is 17.7 Å². The molecule has 0 amide bonds. The molecule has 0 aliphatic rings. The smallest absolute Gasteiger partial charge is 0.203 e. The van der Waals surface area contributed by atoms with Crippen LogP contribution < -0.4 is 19.9 Å². The number of hydrogen-bond donors (Lipinski definition) is 1. The Balaban J connectivity index is 2.62. The Kier molecular flexibility index (Phi) is 4.02. The second-order valence-electron chi connectivity index (χ2n) is 4.14. The molecule has 1 heterocycles. The van der Waals surface area contributed by atoms with Gasteiger partial charge in [0.05, 0.1) is 21.3 Å². The van der Waals surface area contributed by atoms with Crippen LogP contribution in [0.1, 0.15) is 12.5 Å². The first-order valence-corrected chi connectivity index (χ1v) is 6.20. The molecule has 0 fully saturated rings. The summed E-state index contributed by atoms with van der Waals surface area (Å²) in [5.41, 5.74) is 7.43. The van der Waals surface area contributed by atoms with E-state index in [0.717, 1.165) is 17.5 Å². The van der Waals surface area contributed by atoms with Crippen LogP contribution in [-0.4, -0.2) is 26.5 Å². The van der Waals surface area contributed by atoms with Gasteiger partial charge in [0.1, 0.15) is 0 Å². The van der Waals surface area contributed by atoms with E-state index in [1.54, 1.807) is 33.5 Å². The molecular weight excluding hydrogens is 260 g/mol. The van der Waals surface area contributed by atoms with Crippen molar-refractivity contribution in [1.82, 2.24) is 5.16 Å². The lowest BCUT2D eigenvalue weighted by molar-refractivity contribution is 0.324. The number of nitrogens with two attached hydrogens (primary N) is 1. The summed E-state index contributed by atoms with van der Waals surface area (Å²) in [4.78, 5) is 0. The molecule has 0 atom stereocenters. The van der Waals surface area contributed by atoms with Gasteiger partial charge in [0.2, 0.25) is 5.75 Å². The number of aromatic nitrogens is 1. The Hall–Kier alpha value is -2.37. The number of hydrogen-bond acceptors (Lipinski definition) is 6. The van der Waals surface area contributed by atoms with E-state index >= 15 is 0 Å². The highest BCUT2D eigenvalue weighted by Crippen LogP contribution is 2.42. The van der Waals surface area contributed by atoms with Gasteiger partial charge < -0.3 is 24.5 Å². The van der Waals surface area contributed by atoms with E-state index in [2.05, 4.69) is 5.16 Å². The van der Waals surface area contributed by atoms with Crippen LogP contribution in [0.25, 0.3) is 11.3 Å². The maximum atomic E-state index is 5.79. The monoisotopic (exact) mass is 278 g/mol. The lowest BCUT2D eigenvalue weighted by atomic mass is 10.1. The molecule has 0 saturated carbocycles. The summed E-state index contributed by atoms with van der Waals surface area (Å²) in [6.07, 6.45) is 0.724. The van der Waals surface area contributed by atoms with Crippen molar-refractivity contribution in [3.8, 4) is 28.6 Å². The van der Waals surface area contributed by atoms with Gasteiger partial charge in [0, 0.05) is 11.1 Å². The first-order chi connectivity index (χ1) is 9.65. The fourth-order valence-electron chi connectivity index (χ4n) is 2.10. The molecule has 2 rings (SSSR count). The first-order valence-electron chi connectivity index (χ1n) is 6.20. The Morgan fingerprint density at radius 2 is 1.70 bits per heavy atom. The maximum absolute atomic E-state index is 5.79. The van der Waals surface area contributed by atoms with Gasteiger partial charge in [-0.1, -0.05) is 12.1 Å². The summed E-state index contributed by atoms with van der Waals surface area (Å²) in [6.45, 7) is 1.99. The molecule has 1 aromatic heterocycles. The molecule has 1 aromatic carbocycles. The Labute approximate surface area is 117 Å². The predicted molar refractivity (Wildman–Crippen MR) is 75.4 cm³/mol. The van der Waals surface area contributed by atoms with Crippen molar-refractivity contribution >= 4 is 5.82 Å². The van der Waals surface area contributed by atoms with Crippen LogP contribution in [0.2, 0.25) is 0 Å². The number of methoxy groups -OCH3 is 3. The van der Waals surface area contributed by atoms with Crippen LogP contribution in [0.15, 0.2) is 16.7 Å². The molecule has 108 valence electrons. The van der Waals surface area contributed by atoms with Gasteiger partial charge in [-0.2, -0.15) is 0 Å². The van der Waals surface area contributed by atoms with E-state index < -0.39 is 0 Å². The third-order valence-electron chi connectivity index (χ3n) is 3.10. The molecule has 2 aromatic rings. The molecule has 0 radical (unpaired) electrons. The van der Waals surface area contributed by atoms with Gasteiger partial charge in [0.15, 0.2) is 23.1 Å². The van der Waals surface area contributed by atoms with Gasteiger partial charge in [-0.3, -0.25) is 0 Å². The van der Waals surface area contributed by atoms with E-state index in [-0.39, 0.29) is 0 Å². The second-order valence-corrected chi connectivity index (χ2v) is 4.14. The zero-order valence-corrected chi connectivity index (χ0v) is 12.0. The summed E-state index contributed by atoms with van der Waals surface area (Å²) in [7, 11) is 4.69. The molecule has 20 heavy (non-hydrogen) atoms. The fourth-order valence-corrected chi connectivity index (χ4v) is 2.10. The van der Waals surface area contributed by atoms with Crippen molar-refractivity contribution < 1.29 is 18.7 Å². The molecule has 6 heteroatoms. The van der Waals surface area contributed by atoms with Gasteiger partial charge in [-0.15, -0.1) is 0 Å². The number of benzene rings is 1. The van der Waals surface area contributed by atoms with Gasteiger partial charge in [-0.25, -0.2) is 0 Å². The highest BCUT2D eigenvalue weighted by Gasteiger charge is 2.19. The van der Waals surface area contributed by atoms with Crippen LogP contribution in [0.3, 0.4) is 0 Å². The molecule has 6 nitrogen and oxygen atoms in total. The number of anilines is 1. The molecule has 0 spiro atoms. The van der Waals surface area contributed by atoms with Crippen LogP contribution in [0, 0.1) is 0 Å². The maximum Gasteiger partial charge on any atom is 0.203 e. The zero-order valence-electron chi connectivity index (χ0n) is 12.0. The van der Waals surface area contributed by atoms with Crippen LogP contribution in [-0.2, 0) is 6.42 Å². The Bertz CT molecular complexity index is 582. The second kappa shape index (κ2) is 5.73. The standard InChI is InChI=1S/C14H18N2O4/c1-5-9-12(20-16-14(9)15)8-6-10(17-2)13(19-4)11(7-8)18-3/h6-7H,5H2,1-4H3,(H2,15,16). The fraction of sp³-hybridized carbons (Fsp3) is 0.357. The minimum Gasteiger partial charge on any atom is -0.493 e. The molecule has 0 bridgehead atoms. The number of nitrogens with zero attached hydrogens (tertiary/aromatic N) is 1. The van der Waals surface area contributed by atoms with Gasteiger partial charge >= 0.3 is 0 Å². The zero-order chi connectivity index (χ0) is 14.7. The average molecular weight is 278 g/mol. The minimum absolute atomic E-state index is 0.399. The summed E-state index contributed by atoms with van der Waals surface area (Å²) >= 11 is 0. The van der Waals surface area contributed by atoms with Crippen LogP contribution in [0.4, 0.5) is 5.82 Å². The number of ether oxygens (including phenoxy) is 3. The molecular formula is C14H18N2O4. The third kappa shape index (κ3) is 2.24. The molecule has 2 N–H and O–H groups in total. The van der Waals surface area contributed by atoms with E-state index in [9.17, 15) is 0 Å². The summed E-state index contributed by atoms with van der Waals surface area (Å²) in [5, 5.41) is 3.81. The van der Waals surface area contributed by atoms with E-state index in [4.69, 9.17) is 24.5 Å². The van der Waals surface area contributed by atoms with Gasteiger partial charge in [-0.05, 0) is 18.6 Å². The molecule has 0 unspecified atom stereocenters. The highest BCUT2D eigenvalue weighted by atomic mass is 16.5. The van der Waals surface area contributed by atoms with Crippen LogP contribution in [0.5, 0.6) is 17.2 Å². The SMILES string of the molecule is CCc1c(N)noc1-c1cc(OC)c(OC)c(OC)c1. The minimum atomic E-state index is 0.399. The van der Waals surface area contributed by atoms with Crippen molar-refractivity contribution in [2.24, 2.45) is 0 Å². The van der Waals surface area contributed by atoms with Crippen LogP contribution >= 0.6 is 0 Å². The largest absolute Gasteiger partial charge is 0.493 e. The highest BCUT2D eigenvalue weighted by molar-refractivity contribution is 5.72. The quantitative estimate of drug-likeness (QED) is 0.905. The van der Waals surface area contributed by atoms with Crippen molar-refractivity contribution in [1.29, 1.82) is 0 Å². The number of rotatable bonds is 5. The average Bonchev–Trinajstić information content (AvgIpc) is 2.86. The van der Waals surface area contributed by atoms with Crippen molar-refractivity contribution in [2.75, 3.05) is 27.1 Å². The molecule has 0 aliphatic carbocycles. The van der Waals surface area contributed by atoms with Crippen molar-refractivity contribution in [2.45, 2.75) is 13.3 Å². The Morgan fingerprint density at radius 3 is 2.15 bits per heavy atom. The Morgan fingerprint density at radius 1 is 1.10 bits per heavy atom. The summed E-state index contributed by atoms with van der Waals surface area (Å²) in [6, 6.07) is 3.61. The normalized spacial score (nSPS) is 10.4. The lowest BCUT2D eigenvalue weighted by Gasteiger charge is -2.13. The molecule has 0 saturated heterocycles. The summed E-state index contributed by atoms with van der Waals surface area (Å²) in [5.74, 6) is 2.66. The van der Waals surface area contributed by atoms with E-state index in [0.29, 0.717) is 28.8 Å². The van der Waals surface area contributed by atoms with Gasteiger partial charge in [0.25, 0.3) is 0 Å².